The molecule has 4 nitrogen and oxygen atoms in total. The van der Waals surface area contributed by atoms with Crippen LogP contribution in [0.2, 0.25) is 0 Å². The summed E-state index contributed by atoms with van der Waals surface area (Å²) in [4.78, 5) is 14.6. The normalized spacial score (nSPS) is 12.2. The van der Waals surface area contributed by atoms with Gasteiger partial charge in [0.25, 0.3) is 0 Å². The van der Waals surface area contributed by atoms with Gasteiger partial charge in [-0.15, -0.1) is 11.8 Å². The molecule has 16 heavy (non-hydrogen) atoms. The number of fused-ring (bicyclic) bond motifs is 1. The quantitative estimate of drug-likeness (QED) is 0.802. The van der Waals surface area contributed by atoms with Gasteiger partial charge in [-0.25, -0.2) is 4.79 Å². The summed E-state index contributed by atoms with van der Waals surface area (Å²) in [7, 11) is 0. The van der Waals surface area contributed by atoms with Gasteiger partial charge in [-0.1, -0.05) is 0 Å². The fourth-order valence-electron chi connectivity index (χ4n) is 1.35. The highest BCUT2D eigenvalue weighted by Gasteiger charge is 2.17. The Labute approximate surface area is 97.2 Å². The van der Waals surface area contributed by atoms with Gasteiger partial charge in [0.1, 0.15) is 0 Å². The third-order valence-electron chi connectivity index (χ3n) is 2.28. The topological polar surface area (TPSA) is 72.0 Å². The summed E-state index contributed by atoms with van der Waals surface area (Å²) < 4.78 is 4.98. The van der Waals surface area contributed by atoms with E-state index < -0.39 is 5.76 Å². The molecule has 0 radical (unpaired) electrons. The molecule has 0 spiro atoms. The first-order valence-corrected chi connectivity index (χ1v) is 5.84. The Morgan fingerprint density at radius 1 is 1.50 bits per heavy atom. The van der Waals surface area contributed by atoms with Crippen LogP contribution in [-0.4, -0.2) is 16.3 Å². The first-order valence-electron chi connectivity index (χ1n) is 5.02. The minimum atomic E-state index is -0.421. The van der Waals surface area contributed by atoms with E-state index in [1.54, 1.807) is 11.8 Å². The van der Waals surface area contributed by atoms with E-state index in [2.05, 4.69) is 18.8 Å². The van der Waals surface area contributed by atoms with E-state index in [0.29, 0.717) is 12.1 Å². The van der Waals surface area contributed by atoms with Crippen LogP contribution in [0.4, 0.5) is 0 Å². The van der Waals surface area contributed by atoms with Crippen molar-refractivity contribution < 1.29 is 4.42 Å². The van der Waals surface area contributed by atoms with Crippen molar-refractivity contribution >= 4 is 22.9 Å². The van der Waals surface area contributed by atoms with Crippen LogP contribution in [0.15, 0.2) is 32.3 Å². The number of nitrogens with one attached hydrogen (secondary N) is 1. The van der Waals surface area contributed by atoms with Crippen molar-refractivity contribution in [2.24, 2.45) is 5.73 Å². The number of hydrogen-bond donors (Lipinski definition) is 2. The third kappa shape index (κ3) is 2.31. The molecule has 5 heteroatoms. The second-order valence-electron chi connectivity index (χ2n) is 4.24. The minimum Gasteiger partial charge on any atom is -0.408 e. The molecule has 0 atom stereocenters. The van der Waals surface area contributed by atoms with Crippen molar-refractivity contribution in [1.29, 1.82) is 0 Å². The molecule has 0 aliphatic heterocycles. The average molecular weight is 238 g/mol. The molecule has 0 amide bonds. The molecular formula is C11H14N2O2S. The van der Waals surface area contributed by atoms with Crippen molar-refractivity contribution in [2.45, 2.75) is 23.5 Å². The summed E-state index contributed by atoms with van der Waals surface area (Å²) in [6.07, 6.45) is 0. The molecule has 0 bridgehead atoms. The molecule has 2 rings (SSSR count). The lowest BCUT2D eigenvalue weighted by Gasteiger charge is -2.21. The zero-order valence-corrected chi connectivity index (χ0v) is 10.1. The first-order chi connectivity index (χ1) is 7.50. The molecule has 1 aromatic carbocycles. The van der Waals surface area contributed by atoms with Gasteiger partial charge >= 0.3 is 5.76 Å². The van der Waals surface area contributed by atoms with E-state index in [1.165, 1.54) is 0 Å². The fourth-order valence-corrected chi connectivity index (χ4v) is 2.37. The second-order valence-corrected chi connectivity index (χ2v) is 6.02. The number of nitrogens with two attached hydrogens (primary N) is 1. The maximum Gasteiger partial charge on any atom is 0.417 e. The predicted molar refractivity (Wildman–Crippen MR) is 65.8 cm³/mol. The monoisotopic (exact) mass is 238 g/mol. The van der Waals surface area contributed by atoms with E-state index in [-0.39, 0.29) is 4.75 Å². The lowest BCUT2D eigenvalue weighted by atomic mass is 10.2. The molecule has 0 fully saturated rings. The largest absolute Gasteiger partial charge is 0.417 e. The van der Waals surface area contributed by atoms with E-state index in [0.717, 1.165) is 10.4 Å². The highest BCUT2D eigenvalue weighted by molar-refractivity contribution is 8.00. The summed E-state index contributed by atoms with van der Waals surface area (Å²) in [6.45, 7) is 4.75. The van der Waals surface area contributed by atoms with Crippen LogP contribution in [0.5, 0.6) is 0 Å². The highest BCUT2D eigenvalue weighted by atomic mass is 32.2. The first kappa shape index (κ1) is 11.3. The Hall–Kier alpha value is -1.20. The average Bonchev–Trinajstić information content (AvgIpc) is 2.57. The van der Waals surface area contributed by atoms with Gasteiger partial charge in [0.05, 0.1) is 5.52 Å². The number of H-pyrrole nitrogens is 1. The van der Waals surface area contributed by atoms with Crippen molar-refractivity contribution in [3.8, 4) is 0 Å². The van der Waals surface area contributed by atoms with Gasteiger partial charge in [0.2, 0.25) is 0 Å². The number of hydrogen-bond acceptors (Lipinski definition) is 4. The Kier molecular flexibility index (Phi) is 2.82. The summed E-state index contributed by atoms with van der Waals surface area (Å²) in [5, 5.41) is 0. The van der Waals surface area contributed by atoms with Gasteiger partial charge in [-0.05, 0) is 32.0 Å². The Morgan fingerprint density at radius 2 is 2.25 bits per heavy atom. The van der Waals surface area contributed by atoms with Gasteiger partial charge in [0, 0.05) is 16.2 Å². The van der Waals surface area contributed by atoms with Crippen LogP contribution in [0.25, 0.3) is 11.1 Å². The number of aromatic amines is 1. The third-order valence-corrected chi connectivity index (χ3v) is 3.49. The van der Waals surface area contributed by atoms with E-state index >= 15 is 0 Å². The van der Waals surface area contributed by atoms with Gasteiger partial charge in [-0.3, -0.25) is 4.98 Å². The van der Waals surface area contributed by atoms with Gasteiger partial charge < -0.3 is 10.2 Å². The van der Waals surface area contributed by atoms with E-state index in [1.807, 2.05) is 18.2 Å². The molecule has 0 saturated carbocycles. The molecule has 0 unspecified atom stereocenters. The van der Waals surface area contributed by atoms with E-state index in [9.17, 15) is 4.79 Å². The predicted octanol–water partition coefficient (Wildman–Crippen LogP) is 1.95. The molecule has 0 saturated heterocycles. The standard InChI is InChI=1S/C11H14N2O2S/c1-11(2,6-12)16-7-3-4-8-9(5-7)15-10(14)13-8/h3-5H,6,12H2,1-2H3,(H,13,14). The van der Waals surface area contributed by atoms with Crippen LogP contribution in [-0.2, 0) is 0 Å². The molecule has 3 N–H and O–H groups in total. The van der Waals surface area contributed by atoms with Crippen LogP contribution in [0.3, 0.4) is 0 Å². The Balaban J connectivity index is 2.36. The van der Waals surface area contributed by atoms with Crippen LogP contribution >= 0.6 is 11.8 Å². The fraction of sp³-hybridized carbons (Fsp3) is 0.364. The maximum atomic E-state index is 11.0. The van der Waals surface area contributed by atoms with Gasteiger partial charge in [0.15, 0.2) is 5.58 Å². The molecule has 1 aromatic heterocycles. The van der Waals surface area contributed by atoms with Crippen molar-refractivity contribution in [2.75, 3.05) is 6.54 Å². The number of rotatable bonds is 3. The van der Waals surface area contributed by atoms with Crippen molar-refractivity contribution in [1.82, 2.24) is 4.98 Å². The smallest absolute Gasteiger partial charge is 0.408 e. The Morgan fingerprint density at radius 3 is 2.94 bits per heavy atom. The number of aromatic nitrogens is 1. The summed E-state index contributed by atoms with van der Waals surface area (Å²) in [5.41, 5.74) is 6.98. The molecule has 1 heterocycles. The molecular weight excluding hydrogens is 224 g/mol. The van der Waals surface area contributed by atoms with Crippen LogP contribution < -0.4 is 11.5 Å². The Bertz CT molecular complexity index is 556. The molecule has 86 valence electrons. The maximum absolute atomic E-state index is 11.0. The highest BCUT2D eigenvalue weighted by Crippen LogP contribution is 2.32. The van der Waals surface area contributed by atoms with Crippen molar-refractivity contribution in [3.05, 3.63) is 28.7 Å². The number of thioether (sulfide) groups is 1. The lowest BCUT2D eigenvalue weighted by Crippen LogP contribution is -2.26. The van der Waals surface area contributed by atoms with Crippen LogP contribution in [0.1, 0.15) is 13.8 Å². The summed E-state index contributed by atoms with van der Waals surface area (Å²) in [5.74, 6) is -0.421. The van der Waals surface area contributed by atoms with Crippen molar-refractivity contribution in [3.63, 3.8) is 0 Å². The molecule has 2 aromatic rings. The zero-order valence-electron chi connectivity index (χ0n) is 9.24. The SMILES string of the molecule is CC(C)(CN)Sc1ccc2[nH]c(=O)oc2c1. The van der Waals surface area contributed by atoms with Gasteiger partial charge in [-0.2, -0.15) is 0 Å². The minimum absolute atomic E-state index is 0.0235. The van der Waals surface area contributed by atoms with E-state index in [4.69, 9.17) is 10.2 Å². The zero-order chi connectivity index (χ0) is 11.8. The number of oxazole rings is 1. The lowest BCUT2D eigenvalue weighted by molar-refractivity contribution is 0.554. The second kappa shape index (κ2) is 3.99. The molecule has 0 aliphatic carbocycles. The summed E-state index contributed by atoms with van der Waals surface area (Å²) in [6, 6.07) is 5.65. The molecule has 0 aliphatic rings. The number of benzene rings is 1. The van der Waals surface area contributed by atoms with Crippen LogP contribution in [0, 0.1) is 0 Å². The summed E-state index contributed by atoms with van der Waals surface area (Å²) >= 11 is 1.67.